The Bertz CT molecular complexity index is 366. The van der Waals surface area contributed by atoms with E-state index in [1.807, 2.05) is 0 Å². The van der Waals surface area contributed by atoms with Crippen molar-refractivity contribution in [1.29, 1.82) is 0 Å². The fourth-order valence-electron chi connectivity index (χ4n) is 4.59. The van der Waals surface area contributed by atoms with E-state index in [1.54, 1.807) is 0 Å². The molecule has 0 spiro atoms. The maximum atomic E-state index is 10.6. The van der Waals surface area contributed by atoms with Gasteiger partial charge in [0.25, 0.3) is 0 Å². The second kappa shape index (κ2) is 4.19. The van der Waals surface area contributed by atoms with Crippen molar-refractivity contribution in [2.24, 2.45) is 28.4 Å². The maximum absolute atomic E-state index is 10.6. The zero-order valence-electron chi connectivity index (χ0n) is 12.6. The van der Waals surface area contributed by atoms with Gasteiger partial charge in [-0.1, -0.05) is 20.8 Å². The minimum absolute atomic E-state index is 0.275. The summed E-state index contributed by atoms with van der Waals surface area (Å²) in [6.45, 7) is 7.92. The summed E-state index contributed by atoms with van der Waals surface area (Å²) in [6, 6.07) is 0. The Balaban J connectivity index is 1.66. The Labute approximate surface area is 116 Å². The summed E-state index contributed by atoms with van der Waals surface area (Å²) in [7, 11) is 0. The molecule has 3 N–H and O–H groups in total. The van der Waals surface area contributed by atoms with E-state index in [1.165, 1.54) is 12.8 Å². The Morgan fingerprint density at radius 1 is 1.26 bits per heavy atom. The molecular formula is C16H29NO2. The van der Waals surface area contributed by atoms with Gasteiger partial charge in [0.1, 0.15) is 5.60 Å². The summed E-state index contributed by atoms with van der Waals surface area (Å²) < 4.78 is 6.20. The van der Waals surface area contributed by atoms with Gasteiger partial charge in [-0.25, -0.2) is 0 Å². The molecule has 110 valence electrons. The van der Waals surface area contributed by atoms with Crippen molar-refractivity contribution in [3.05, 3.63) is 0 Å². The van der Waals surface area contributed by atoms with Gasteiger partial charge in [0.05, 0.1) is 12.7 Å². The summed E-state index contributed by atoms with van der Waals surface area (Å²) in [4.78, 5) is 0. The van der Waals surface area contributed by atoms with Gasteiger partial charge in [-0.15, -0.1) is 0 Å². The van der Waals surface area contributed by atoms with Crippen LogP contribution >= 0.6 is 0 Å². The van der Waals surface area contributed by atoms with Crippen molar-refractivity contribution < 1.29 is 9.84 Å². The first-order valence-electron chi connectivity index (χ1n) is 7.87. The van der Waals surface area contributed by atoms with Crippen molar-refractivity contribution in [3.63, 3.8) is 0 Å². The van der Waals surface area contributed by atoms with Crippen LogP contribution < -0.4 is 5.73 Å². The molecule has 4 unspecified atom stereocenters. The van der Waals surface area contributed by atoms with Gasteiger partial charge < -0.3 is 15.6 Å². The van der Waals surface area contributed by atoms with E-state index < -0.39 is 5.60 Å². The normalized spacial score (nSPS) is 43.4. The second-order valence-electron chi connectivity index (χ2n) is 7.99. The van der Waals surface area contributed by atoms with E-state index in [2.05, 4.69) is 20.8 Å². The zero-order valence-corrected chi connectivity index (χ0v) is 12.6. The number of ether oxygens (including phenoxy) is 1. The lowest BCUT2D eigenvalue weighted by Gasteiger charge is -2.40. The number of rotatable bonds is 5. The van der Waals surface area contributed by atoms with Crippen LogP contribution in [0.15, 0.2) is 0 Å². The summed E-state index contributed by atoms with van der Waals surface area (Å²) in [6.07, 6.45) is 6.28. The molecule has 3 aliphatic rings. The molecule has 3 saturated carbocycles. The molecule has 0 radical (unpaired) electrons. The van der Waals surface area contributed by atoms with Gasteiger partial charge in [0.2, 0.25) is 0 Å². The fraction of sp³-hybridized carbons (Fsp3) is 1.00. The van der Waals surface area contributed by atoms with E-state index in [9.17, 15) is 5.11 Å². The van der Waals surface area contributed by atoms with E-state index in [-0.39, 0.29) is 5.41 Å². The van der Waals surface area contributed by atoms with Crippen LogP contribution in [0.1, 0.15) is 52.9 Å². The van der Waals surface area contributed by atoms with Crippen LogP contribution in [0.3, 0.4) is 0 Å². The van der Waals surface area contributed by atoms with Gasteiger partial charge in [-0.2, -0.15) is 0 Å². The molecule has 19 heavy (non-hydrogen) atoms. The Hall–Kier alpha value is -0.120. The molecule has 0 saturated heterocycles. The Kier molecular flexibility index (Phi) is 3.05. The van der Waals surface area contributed by atoms with E-state index in [4.69, 9.17) is 10.5 Å². The minimum Gasteiger partial charge on any atom is -0.386 e. The van der Waals surface area contributed by atoms with Crippen molar-refractivity contribution in [2.75, 3.05) is 13.2 Å². The number of fused-ring (bicyclic) bond motifs is 2. The van der Waals surface area contributed by atoms with E-state index in [0.717, 1.165) is 25.2 Å². The monoisotopic (exact) mass is 267 g/mol. The standard InChI is InChI=1S/C16H29NO2/c1-14(2)12-6-7-15(14,3)13(8-12)19-10-16(18,9-17)11-4-5-11/h11-13,18H,4-10,17H2,1-3H3. The van der Waals surface area contributed by atoms with Crippen molar-refractivity contribution in [3.8, 4) is 0 Å². The van der Waals surface area contributed by atoms with Gasteiger partial charge >= 0.3 is 0 Å². The van der Waals surface area contributed by atoms with Crippen molar-refractivity contribution in [2.45, 2.75) is 64.6 Å². The van der Waals surface area contributed by atoms with Gasteiger partial charge in [0, 0.05) is 6.54 Å². The highest BCUT2D eigenvalue weighted by atomic mass is 16.5. The summed E-state index contributed by atoms with van der Waals surface area (Å²) in [5.74, 6) is 1.16. The third kappa shape index (κ3) is 1.89. The highest BCUT2D eigenvalue weighted by molar-refractivity contribution is 5.11. The van der Waals surface area contributed by atoms with Crippen LogP contribution in [0.4, 0.5) is 0 Å². The van der Waals surface area contributed by atoms with Crippen molar-refractivity contribution >= 4 is 0 Å². The molecule has 0 aliphatic heterocycles. The topological polar surface area (TPSA) is 55.5 Å². The first-order valence-corrected chi connectivity index (χ1v) is 7.87. The van der Waals surface area contributed by atoms with E-state index in [0.29, 0.717) is 30.6 Å². The molecule has 4 atom stereocenters. The number of aliphatic hydroxyl groups is 1. The maximum Gasteiger partial charge on any atom is 0.103 e. The quantitative estimate of drug-likeness (QED) is 0.803. The van der Waals surface area contributed by atoms with Crippen LogP contribution in [-0.4, -0.2) is 30.0 Å². The molecule has 3 fully saturated rings. The number of nitrogens with two attached hydrogens (primary N) is 1. The molecule has 0 aromatic carbocycles. The first-order chi connectivity index (χ1) is 8.83. The van der Waals surface area contributed by atoms with Gasteiger partial charge in [-0.05, 0) is 54.8 Å². The lowest BCUT2D eigenvalue weighted by Crippen LogP contribution is -2.47. The average Bonchev–Trinajstić information content (AvgIpc) is 3.16. The van der Waals surface area contributed by atoms with E-state index >= 15 is 0 Å². The highest BCUT2D eigenvalue weighted by Crippen LogP contribution is 2.66. The summed E-state index contributed by atoms with van der Waals surface area (Å²) in [5.41, 5.74) is 5.64. The molecule has 3 nitrogen and oxygen atoms in total. The second-order valence-corrected chi connectivity index (χ2v) is 7.99. The molecule has 0 heterocycles. The van der Waals surface area contributed by atoms with Crippen LogP contribution in [0, 0.1) is 22.7 Å². The van der Waals surface area contributed by atoms with Crippen LogP contribution in [0.25, 0.3) is 0 Å². The predicted octanol–water partition coefficient (Wildman–Crippen LogP) is 2.32. The SMILES string of the molecule is CC1(C)C2CCC1(C)C(OCC(O)(CN)C1CC1)C2. The molecule has 3 aliphatic carbocycles. The average molecular weight is 267 g/mol. The number of hydrogen-bond acceptors (Lipinski definition) is 3. The largest absolute Gasteiger partial charge is 0.386 e. The molecular weight excluding hydrogens is 238 g/mol. The van der Waals surface area contributed by atoms with Crippen LogP contribution in [0.5, 0.6) is 0 Å². The summed E-state index contributed by atoms with van der Waals surface area (Å²) >= 11 is 0. The lowest BCUT2D eigenvalue weighted by atomic mass is 9.70. The molecule has 3 rings (SSSR count). The third-order valence-corrected chi connectivity index (χ3v) is 6.94. The molecule has 0 aromatic heterocycles. The van der Waals surface area contributed by atoms with Crippen LogP contribution in [-0.2, 0) is 4.74 Å². The minimum atomic E-state index is -0.775. The zero-order chi connectivity index (χ0) is 13.9. The number of hydrogen-bond donors (Lipinski definition) is 2. The highest BCUT2D eigenvalue weighted by Gasteiger charge is 2.62. The Morgan fingerprint density at radius 3 is 2.37 bits per heavy atom. The molecule has 0 aromatic rings. The van der Waals surface area contributed by atoms with Gasteiger partial charge in [0.15, 0.2) is 0 Å². The summed E-state index contributed by atoms with van der Waals surface area (Å²) in [5, 5.41) is 10.6. The molecule has 3 heteroatoms. The third-order valence-electron chi connectivity index (χ3n) is 6.94. The molecule has 2 bridgehead atoms. The predicted molar refractivity (Wildman–Crippen MR) is 75.7 cm³/mol. The fourth-order valence-corrected chi connectivity index (χ4v) is 4.59. The Morgan fingerprint density at radius 2 is 1.95 bits per heavy atom. The first kappa shape index (κ1) is 13.8. The smallest absolute Gasteiger partial charge is 0.103 e. The van der Waals surface area contributed by atoms with Crippen molar-refractivity contribution in [1.82, 2.24) is 0 Å². The lowest BCUT2D eigenvalue weighted by molar-refractivity contribution is -0.116. The molecule has 0 amide bonds. The van der Waals surface area contributed by atoms with Gasteiger partial charge in [-0.3, -0.25) is 0 Å². The van der Waals surface area contributed by atoms with Crippen LogP contribution in [0.2, 0.25) is 0 Å².